The number of amides is 1. The van der Waals surface area contributed by atoms with Gasteiger partial charge in [-0.25, -0.2) is 0 Å². The maximum Gasteiger partial charge on any atom is 0.245 e. The van der Waals surface area contributed by atoms with E-state index in [9.17, 15) is 9.90 Å². The van der Waals surface area contributed by atoms with Gasteiger partial charge in [0, 0.05) is 24.4 Å². The minimum Gasteiger partial charge on any atom is -0.508 e. The summed E-state index contributed by atoms with van der Waals surface area (Å²) < 4.78 is 5.69. The zero-order chi connectivity index (χ0) is 13.9. The summed E-state index contributed by atoms with van der Waals surface area (Å²) in [5.74, 6) is 0.750. The van der Waals surface area contributed by atoms with Gasteiger partial charge in [0.05, 0.1) is 0 Å². The average Bonchev–Trinajstić information content (AvgIpc) is 2.93. The molecule has 4 heteroatoms. The van der Waals surface area contributed by atoms with Crippen LogP contribution in [-0.4, -0.2) is 24.7 Å². The number of para-hydroxylation sites is 1. The molecule has 0 bridgehead atoms. The fourth-order valence-electron chi connectivity index (χ4n) is 3.28. The van der Waals surface area contributed by atoms with E-state index < -0.39 is 5.41 Å². The smallest absolute Gasteiger partial charge is 0.245 e. The number of fused-ring (bicyclic) bond motifs is 4. The Bertz CT molecular complexity index is 740. The molecule has 1 N–H and O–H groups in total. The SMILES string of the molecule is CN1C(=O)C2(COc3cc(O)ccc32)c2ccccc21. The number of nitrogens with zero attached hydrogens (tertiary/aromatic N) is 1. The number of carbonyl (C=O) groups excluding carboxylic acids is 1. The van der Waals surface area contributed by atoms with Crippen LogP contribution in [0.15, 0.2) is 42.5 Å². The Kier molecular flexibility index (Phi) is 2.01. The van der Waals surface area contributed by atoms with Gasteiger partial charge in [0.1, 0.15) is 23.5 Å². The standard InChI is InChI=1S/C16H13NO3/c1-17-13-5-3-2-4-11(13)16(15(17)19)9-20-14-8-10(18)6-7-12(14)16/h2-8,18H,9H2,1H3. The van der Waals surface area contributed by atoms with Crippen molar-refractivity contribution in [3.8, 4) is 11.5 Å². The largest absolute Gasteiger partial charge is 0.508 e. The van der Waals surface area contributed by atoms with Crippen molar-refractivity contribution in [1.82, 2.24) is 0 Å². The van der Waals surface area contributed by atoms with E-state index in [1.165, 1.54) is 0 Å². The maximum atomic E-state index is 12.8. The second-order valence-corrected chi connectivity index (χ2v) is 5.26. The molecule has 0 fully saturated rings. The zero-order valence-corrected chi connectivity index (χ0v) is 11.0. The van der Waals surface area contributed by atoms with Crippen molar-refractivity contribution < 1.29 is 14.6 Å². The second-order valence-electron chi connectivity index (χ2n) is 5.26. The molecule has 1 unspecified atom stereocenters. The number of ether oxygens (including phenoxy) is 1. The topological polar surface area (TPSA) is 49.8 Å². The van der Waals surface area contributed by atoms with Crippen molar-refractivity contribution in [3.63, 3.8) is 0 Å². The van der Waals surface area contributed by atoms with Crippen molar-refractivity contribution in [2.45, 2.75) is 5.41 Å². The molecular formula is C16H13NO3. The lowest BCUT2D eigenvalue weighted by molar-refractivity contribution is -0.121. The van der Waals surface area contributed by atoms with Crippen LogP contribution in [0.2, 0.25) is 0 Å². The predicted molar refractivity (Wildman–Crippen MR) is 74.2 cm³/mol. The predicted octanol–water partition coefficient (Wildman–Crippen LogP) is 2.05. The van der Waals surface area contributed by atoms with E-state index in [-0.39, 0.29) is 18.3 Å². The molecule has 1 spiro atoms. The Morgan fingerprint density at radius 3 is 2.85 bits per heavy atom. The van der Waals surface area contributed by atoms with Gasteiger partial charge in [-0.15, -0.1) is 0 Å². The third-order valence-electron chi connectivity index (χ3n) is 4.26. The third-order valence-corrected chi connectivity index (χ3v) is 4.26. The van der Waals surface area contributed by atoms with Crippen LogP contribution in [0.3, 0.4) is 0 Å². The van der Waals surface area contributed by atoms with Crippen LogP contribution in [-0.2, 0) is 10.2 Å². The number of benzene rings is 2. The quantitative estimate of drug-likeness (QED) is 0.794. The summed E-state index contributed by atoms with van der Waals surface area (Å²) in [7, 11) is 1.79. The van der Waals surface area contributed by atoms with Crippen LogP contribution in [0.5, 0.6) is 11.5 Å². The Balaban J connectivity index is 2.03. The zero-order valence-electron chi connectivity index (χ0n) is 11.0. The molecule has 0 saturated heterocycles. The highest BCUT2D eigenvalue weighted by molar-refractivity contribution is 6.11. The molecule has 20 heavy (non-hydrogen) atoms. The number of phenolic OH excluding ortho intramolecular Hbond substituents is 1. The van der Waals surface area contributed by atoms with Gasteiger partial charge in [0.15, 0.2) is 0 Å². The Morgan fingerprint density at radius 1 is 1.20 bits per heavy atom. The number of likely N-dealkylation sites (N-methyl/N-ethyl adjacent to an activating group) is 1. The molecule has 0 aromatic heterocycles. The average molecular weight is 267 g/mol. The second kappa shape index (κ2) is 3.54. The third kappa shape index (κ3) is 1.14. The molecule has 1 amide bonds. The molecule has 2 heterocycles. The summed E-state index contributed by atoms with van der Waals surface area (Å²) in [6.45, 7) is 0.284. The molecule has 0 radical (unpaired) electrons. The van der Waals surface area contributed by atoms with E-state index >= 15 is 0 Å². The van der Waals surface area contributed by atoms with Gasteiger partial charge in [-0.1, -0.05) is 24.3 Å². The van der Waals surface area contributed by atoms with E-state index in [2.05, 4.69) is 0 Å². The van der Waals surface area contributed by atoms with Crippen molar-refractivity contribution in [3.05, 3.63) is 53.6 Å². The number of hydrogen-bond acceptors (Lipinski definition) is 3. The van der Waals surface area contributed by atoms with Crippen molar-refractivity contribution in [2.24, 2.45) is 0 Å². The van der Waals surface area contributed by atoms with Crippen LogP contribution >= 0.6 is 0 Å². The lowest BCUT2D eigenvalue weighted by Gasteiger charge is -2.21. The number of phenols is 1. The minimum atomic E-state index is -0.769. The Labute approximate surface area is 116 Å². The van der Waals surface area contributed by atoms with E-state index in [4.69, 9.17) is 4.74 Å². The molecule has 4 rings (SSSR count). The van der Waals surface area contributed by atoms with Crippen LogP contribution < -0.4 is 9.64 Å². The molecule has 1 atom stereocenters. The highest BCUT2D eigenvalue weighted by Crippen LogP contribution is 2.52. The first-order valence-corrected chi connectivity index (χ1v) is 6.48. The molecule has 2 aliphatic rings. The first-order chi connectivity index (χ1) is 9.64. The van der Waals surface area contributed by atoms with E-state index in [1.807, 2.05) is 24.3 Å². The van der Waals surface area contributed by atoms with Crippen molar-refractivity contribution >= 4 is 11.6 Å². The summed E-state index contributed by atoms with van der Waals surface area (Å²) in [4.78, 5) is 14.5. The number of aromatic hydroxyl groups is 1. The normalized spacial score (nSPS) is 22.9. The fraction of sp³-hybridized carbons (Fsp3) is 0.188. The Hall–Kier alpha value is -2.49. The van der Waals surface area contributed by atoms with Gasteiger partial charge in [0.25, 0.3) is 0 Å². The van der Waals surface area contributed by atoms with Crippen LogP contribution in [0.1, 0.15) is 11.1 Å². The summed E-state index contributed by atoms with van der Waals surface area (Å²) in [5.41, 5.74) is 1.95. The minimum absolute atomic E-state index is 0.0168. The Morgan fingerprint density at radius 2 is 2.00 bits per heavy atom. The summed E-state index contributed by atoms with van der Waals surface area (Å²) >= 11 is 0. The first kappa shape index (κ1) is 11.3. The molecule has 4 nitrogen and oxygen atoms in total. The van der Waals surface area contributed by atoms with Gasteiger partial charge in [0.2, 0.25) is 5.91 Å². The maximum absolute atomic E-state index is 12.8. The molecule has 2 aromatic carbocycles. The fourth-order valence-corrected chi connectivity index (χ4v) is 3.28. The molecular weight excluding hydrogens is 254 g/mol. The van der Waals surface area contributed by atoms with Crippen LogP contribution in [0, 0.1) is 0 Å². The van der Waals surface area contributed by atoms with Crippen molar-refractivity contribution in [2.75, 3.05) is 18.6 Å². The van der Waals surface area contributed by atoms with Gasteiger partial charge >= 0.3 is 0 Å². The number of anilines is 1. The number of hydrogen-bond donors (Lipinski definition) is 1. The summed E-state index contributed by atoms with van der Waals surface area (Å²) in [5, 5.41) is 9.57. The van der Waals surface area contributed by atoms with Crippen LogP contribution in [0.4, 0.5) is 5.69 Å². The molecule has 0 saturated carbocycles. The number of carbonyl (C=O) groups is 1. The summed E-state index contributed by atoms with van der Waals surface area (Å²) in [6, 6.07) is 12.7. The summed E-state index contributed by atoms with van der Waals surface area (Å²) in [6.07, 6.45) is 0. The van der Waals surface area contributed by atoms with Crippen molar-refractivity contribution in [1.29, 1.82) is 0 Å². The monoisotopic (exact) mass is 267 g/mol. The van der Waals surface area contributed by atoms with Gasteiger partial charge in [-0.3, -0.25) is 4.79 Å². The van der Waals surface area contributed by atoms with E-state index in [1.54, 1.807) is 30.1 Å². The molecule has 2 aliphatic heterocycles. The van der Waals surface area contributed by atoms with Gasteiger partial charge < -0.3 is 14.7 Å². The lowest BCUT2D eigenvalue weighted by Crippen LogP contribution is -2.40. The lowest BCUT2D eigenvalue weighted by atomic mass is 9.77. The molecule has 0 aliphatic carbocycles. The highest BCUT2D eigenvalue weighted by Gasteiger charge is 2.55. The van der Waals surface area contributed by atoms with Crippen LogP contribution in [0.25, 0.3) is 0 Å². The van der Waals surface area contributed by atoms with Gasteiger partial charge in [-0.2, -0.15) is 0 Å². The first-order valence-electron chi connectivity index (χ1n) is 6.48. The highest BCUT2D eigenvalue weighted by atomic mass is 16.5. The van der Waals surface area contributed by atoms with E-state index in [0.717, 1.165) is 16.8 Å². The molecule has 100 valence electrons. The number of rotatable bonds is 0. The van der Waals surface area contributed by atoms with Gasteiger partial charge in [-0.05, 0) is 17.7 Å². The molecule has 2 aromatic rings. The van der Waals surface area contributed by atoms with E-state index in [0.29, 0.717) is 5.75 Å².